The highest BCUT2D eigenvalue weighted by molar-refractivity contribution is 5.72. The van der Waals surface area contributed by atoms with E-state index in [0.717, 1.165) is 17.9 Å². The molecule has 0 spiro atoms. The average Bonchev–Trinajstić information content (AvgIpc) is 3.12. The topological polar surface area (TPSA) is 21.3 Å². The number of hydrogen-bond acceptors (Lipinski definition) is 2. The largest absolute Gasteiger partial charge is 0.495 e. The van der Waals surface area contributed by atoms with E-state index in [2.05, 4.69) is 35.7 Å². The Kier molecular flexibility index (Phi) is 3.58. The maximum atomic E-state index is 5.54. The fourth-order valence-corrected chi connectivity index (χ4v) is 2.88. The van der Waals surface area contributed by atoms with Gasteiger partial charge in [0.05, 0.1) is 12.8 Å². The second-order valence-electron chi connectivity index (χ2n) is 5.28. The van der Waals surface area contributed by atoms with Gasteiger partial charge in [-0.3, -0.25) is 0 Å². The van der Waals surface area contributed by atoms with Crippen LogP contribution in [0.1, 0.15) is 44.1 Å². The van der Waals surface area contributed by atoms with Gasteiger partial charge in [0.2, 0.25) is 0 Å². The number of allylic oxidation sites excluding steroid dienone is 4. The molecule has 0 bridgehead atoms. The molecule has 2 aliphatic carbocycles. The Morgan fingerprint density at radius 3 is 2.58 bits per heavy atom. The first-order chi connectivity index (χ1) is 9.36. The summed E-state index contributed by atoms with van der Waals surface area (Å²) in [4.78, 5) is 0. The lowest BCUT2D eigenvalue weighted by atomic mass is 10.0. The Balaban J connectivity index is 1.84. The number of anilines is 1. The Hall–Kier alpha value is -1.70. The molecular formula is C17H21NO. The van der Waals surface area contributed by atoms with Crippen molar-refractivity contribution in [2.24, 2.45) is 0 Å². The molecule has 3 rings (SSSR count). The van der Waals surface area contributed by atoms with Crippen molar-refractivity contribution >= 4 is 11.3 Å². The molecule has 1 N–H and O–H groups in total. The Bertz CT molecular complexity index is 528. The fourth-order valence-electron chi connectivity index (χ4n) is 2.88. The third kappa shape index (κ3) is 2.67. The van der Waals surface area contributed by atoms with E-state index in [1.54, 1.807) is 7.11 Å². The maximum absolute atomic E-state index is 5.54. The highest BCUT2D eigenvalue weighted by Crippen LogP contribution is 2.34. The number of benzene rings is 1. The zero-order valence-electron chi connectivity index (χ0n) is 11.5. The van der Waals surface area contributed by atoms with E-state index in [0.29, 0.717) is 0 Å². The van der Waals surface area contributed by atoms with Gasteiger partial charge in [0, 0.05) is 5.70 Å². The van der Waals surface area contributed by atoms with Crippen molar-refractivity contribution in [1.82, 2.24) is 0 Å². The molecule has 1 aromatic rings. The number of nitrogens with one attached hydrogen (secondary N) is 1. The lowest BCUT2D eigenvalue weighted by Gasteiger charge is -2.14. The minimum atomic E-state index is 0.943. The van der Waals surface area contributed by atoms with Gasteiger partial charge < -0.3 is 10.1 Å². The molecule has 0 amide bonds. The van der Waals surface area contributed by atoms with Crippen LogP contribution < -0.4 is 10.1 Å². The molecule has 0 fully saturated rings. The van der Waals surface area contributed by atoms with Gasteiger partial charge in [-0.2, -0.15) is 0 Å². The molecule has 2 nitrogen and oxygen atoms in total. The lowest BCUT2D eigenvalue weighted by Crippen LogP contribution is -1.99. The van der Waals surface area contributed by atoms with Crippen molar-refractivity contribution < 1.29 is 4.74 Å². The van der Waals surface area contributed by atoms with Crippen LogP contribution >= 0.6 is 0 Å². The first-order valence-corrected chi connectivity index (χ1v) is 7.20. The summed E-state index contributed by atoms with van der Waals surface area (Å²) in [6.45, 7) is 0. The SMILES string of the molecule is COc1cc(C2=CCCC2)ccc1NC1=CCCC1. The predicted molar refractivity (Wildman–Crippen MR) is 80.4 cm³/mol. The van der Waals surface area contributed by atoms with E-state index in [1.807, 2.05) is 0 Å². The van der Waals surface area contributed by atoms with E-state index >= 15 is 0 Å². The molecule has 100 valence electrons. The lowest BCUT2D eigenvalue weighted by molar-refractivity contribution is 0.416. The second-order valence-corrected chi connectivity index (χ2v) is 5.28. The summed E-state index contributed by atoms with van der Waals surface area (Å²) in [7, 11) is 1.75. The number of methoxy groups -OCH3 is 1. The van der Waals surface area contributed by atoms with Gasteiger partial charge in [-0.25, -0.2) is 0 Å². The summed E-state index contributed by atoms with van der Waals surface area (Å²) in [5.41, 5.74) is 5.18. The Labute approximate surface area is 115 Å². The standard InChI is InChI=1S/C17H21NO/c1-19-17-12-14(13-6-2-3-7-13)10-11-16(17)18-15-8-4-5-9-15/h6,8,10-12,18H,2-5,7,9H2,1H3. The summed E-state index contributed by atoms with van der Waals surface area (Å²) in [6, 6.07) is 6.51. The van der Waals surface area contributed by atoms with Crippen molar-refractivity contribution in [2.45, 2.75) is 38.5 Å². The highest BCUT2D eigenvalue weighted by atomic mass is 16.5. The van der Waals surface area contributed by atoms with E-state index in [9.17, 15) is 0 Å². The van der Waals surface area contributed by atoms with E-state index < -0.39 is 0 Å². The zero-order chi connectivity index (χ0) is 13.1. The van der Waals surface area contributed by atoms with Crippen LogP contribution in [0.5, 0.6) is 5.75 Å². The second kappa shape index (κ2) is 5.52. The molecule has 1 aromatic carbocycles. The molecule has 0 unspecified atom stereocenters. The van der Waals surface area contributed by atoms with Gasteiger partial charge in [-0.15, -0.1) is 0 Å². The van der Waals surface area contributed by atoms with E-state index in [-0.39, 0.29) is 0 Å². The Morgan fingerprint density at radius 1 is 1.05 bits per heavy atom. The normalized spacial score (nSPS) is 18.2. The smallest absolute Gasteiger partial charge is 0.142 e. The van der Waals surface area contributed by atoms with Crippen LogP contribution in [0.2, 0.25) is 0 Å². The maximum Gasteiger partial charge on any atom is 0.142 e. The molecule has 0 aromatic heterocycles. The van der Waals surface area contributed by atoms with Crippen LogP contribution in [0.25, 0.3) is 5.57 Å². The van der Waals surface area contributed by atoms with E-state index in [4.69, 9.17) is 4.74 Å². The highest BCUT2D eigenvalue weighted by Gasteiger charge is 2.12. The van der Waals surface area contributed by atoms with Gasteiger partial charge in [-0.1, -0.05) is 18.2 Å². The van der Waals surface area contributed by atoms with Crippen molar-refractivity contribution in [3.8, 4) is 5.75 Å². The average molecular weight is 255 g/mol. The zero-order valence-corrected chi connectivity index (χ0v) is 11.5. The van der Waals surface area contributed by atoms with Crippen LogP contribution in [-0.2, 0) is 0 Å². The van der Waals surface area contributed by atoms with Crippen LogP contribution in [-0.4, -0.2) is 7.11 Å². The summed E-state index contributed by atoms with van der Waals surface area (Å²) in [6.07, 6.45) is 11.9. The van der Waals surface area contributed by atoms with Crippen LogP contribution in [0, 0.1) is 0 Å². The van der Waals surface area contributed by atoms with Crippen LogP contribution in [0.4, 0.5) is 5.69 Å². The summed E-state index contributed by atoms with van der Waals surface area (Å²) in [5, 5.41) is 3.49. The fraction of sp³-hybridized carbons (Fsp3) is 0.412. The summed E-state index contributed by atoms with van der Waals surface area (Å²) >= 11 is 0. The first-order valence-electron chi connectivity index (χ1n) is 7.20. The molecule has 0 saturated carbocycles. The summed E-state index contributed by atoms with van der Waals surface area (Å²) in [5.74, 6) is 0.943. The van der Waals surface area contributed by atoms with Crippen LogP contribution in [0.15, 0.2) is 36.0 Å². The minimum Gasteiger partial charge on any atom is -0.495 e. The van der Waals surface area contributed by atoms with Crippen molar-refractivity contribution in [3.63, 3.8) is 0 Å². The van der Waals surface area contributed by atoms with Gasteiger partial charge in [0.1, 0.15) is 5.75 Å². The Morgan fingerprint density at radius 2 is 1.89 bits per heavy atom. The predicted octanol–water partition coefficient (Wildman–Crippen LogP) is 4.74. The van der Waals surface area contributed by atoms with Crippen molar-refractivity contribution in [1.29, 1.82) is 0 Å². The van der Waals surface area contributed by atoms with Gasteiger partial charge in [-0.05, 0) is 61.8 Å². The van der Waals surface area contributed by atoms with Crippen LogP contribution in [0.3, 0.4) is 0 Å². The molecule has 0 atom stereocenters. The molecule has 2 aliphatic rings. The quantitative estimate of drug-likeness (QED) is 0.838. The summed E-state index contributed by atoms with van der Waals surface area (Å²) < 4.78 is 5.54. The van der Waals surface area contributed by atoms with Gasteiger partial charge in [0.25, 0.3) is 0 Å². The molecule has 19 heavy (non-hydrogen) atoms. The third-order valence-electron chi connectivity index (χ3n) is 3.95. The first kappa shape index (κ1) is 12.3. The molecule has 0 aliphatic heterocycles. The van der Waals surface area contributed by atoms with Gasteiger partial charge in [0.15, 0.2) is 0 Å². The third-order valence-corrected chi connectivity index (χ3v) is 3.95. The number of rotatable bonds is 4. The molecular weight excluding hydrogens is 234 g/mol. The van der Waals surface area contributed by atoms with Gasteiger partial charge >= 0.3 is 0 Å². The number of ether oxygens (including phenoxy) is 1. The number of hydrogen-bond donors (Lipinski definition) is 1. The molecule has 2 heteroatoms. The van der Waals surface area contributed by atoms with Crippen molar-refractivity contribution in [3.05, 3.63) is 41.6 Å². The molecule has 0 heterocycles. The van der Waals surface area contributed by atoms with Crippen molar-refractivity contribution in [2.75, 3.05) is 12.4 Å². The molecule has 0 radical (unpaired) electrons. The van der Waals surface area contributed by atoms with E-state index in [1.165, 1.54) is 48.9 Å². The molecule has 0 saturated heterocycles. The monoisotopic (exact) mass is 255 g/mol. The minimum absolute atomic E-state index is 0.943.